The molecule has 33 heavy (non-hydrogen) atoms. The summed E-state index contributed by atoms with van der Waals surface area (Å²) in [5.41, 5.74) is 3.26. The van der Waals surface area contributed by atoms with Gasteiger partial charge >= 0.3 is 5.97 Å². The van der Waals surface area contributed by atoms with E-state index >= 15 is 0 Å². The minimum atomic E-state index is -1.08. The highest BCUT2D eigenvalue weighted by molar-refractivity contribution is 6.15. The van der Waals surface area contributed by atoms with E-state index in [9.17, 15) is 9.59 Å². The van der Waals surface area contributed by atoms with Crippen molar-refractivity contribution in [2.24, 2.45) is 4.99 Å². The summed E-state index contributed by atoms with van der Waals surface area (Å²) in [5.74, 6) is -0.649. The van der Waals surface area contributed by atoms with Crippen LogP contribution in [0.4, 0.5) is 5.69 Å². The Bertz CT molecular complexity index is 1080. The van der Waals surface area contributed by atoms with Gasteiger partial charge in [-0.1, -0.05) is 6.07 Å². The van der Waals surface area contributed by atoms with Gasteiger partial charge in [-0.15, -0.1) is 0 Å². The third-order valence-corrected chi connectivity index (χ3v) is 5.87. The zero-order valence-corrected chi connectivity index (χ0v) is 19.0. The molecule has 2 aliphatic rings. The van der Waals surface area contributed by atoms with Crippen LogP contribution in [0.25, 0.3) is 0 Å². The topological polar surface area (TPSA) is 113 Å². The highest BCUT2D eigenvalue weighted by Gasteiger charge is 2.45. The Labute approximate surface area is 192 Å². The van der Waals surface area contributed by atoms with Crippen LogP contribution in [0.5, 0.6) is 5.88 Å². The van der Waals surface area contributed by atoms with Gasteiger partial charge in [0.25, 0.3) is 5.91 Å². The number of anilines is 1. The average molecular weight is 453 g/mol. The second kappa shape index (κ2) is 9.29. The Balaban J connectivity index is 1.50. The van der Waals surface area contributed by atoms with Gasteiger partial charge in [-0.25, -0.2) is 4.98 Å². The third-order valence-electron chi connectivity index (χ3n) is 5.87. The zero-order chi connectivity index (χ0) is 23.6. The summed E-state index contributed by atoms with van der Waals surface area (Å²) >= 11 is 0. The lowest BCUT2D eigenvalue weighted by molar-refractivity contribution is -0.140. The fourth-order valence-electron chi connectivity index (χ4n) is 4.21. The number of carbonyl (C=O) groups is 2. The summed E-state index contributed by atoms with van der Waals surface area (Å²) in [7, 11) is 1.48. The third kappa shape index (κ3) is 4.89. The van der Waals surface area contributed by atoms with E-state index in [-0.39, 0.29) is 25.1 Å². The van der Waals surface area contributed by atoms with Crippen molar-refractivity contribution in [1.82, 2.24) is 9.88 Å². The molecule has 0 radical (unpaired) electrons. The van der Waals surface area contributed by atoms with Gasteiger partial charge < -0.3 is 19.9 Å². The van der Waals surface area contributed by atoms with Gasteiger partial charge in [0, 0.05) is 49.3 Å². The van der Waals surface area contributed by atoms with Gasteiger partial charge in [0.1, 0.15) is 0 Å². The number of nitrogens with one attached hydrogen (secondary N) is 1. The predicted octanol–water partition coefficient (Wildman–Crippen LogP) is 2.33. The number of amides is 1. The minimum Gasteiger partial charge on any atom is -0.480 e. The number of fused-ring (bicyclic) bond motifs is 1. The molecule has 3 heterocycles. The van der Waals surface area contributed by atoms with Crippen molar-refractivity contribution >= 4 is 23.3 Å². The first-order valence-corrected chi connectivity index (χ1v) is 10.9. The molecule has 0 aliphatic carbocycles. The molecule has 1 amide bonds. The fourth-order valence-corrected chi connectivity index (χ4v) is 4.21. The fraction of sp³-hybridized carbons (Fsp3) is 0.417. The lowest BCUT2D eigenvalue weighted by atomic mass is 9.99. The van der Waals surface area contributed by atoms with E-state index in [4.69, 9.17) is 14.6 Å². The van der Waals surface area contributed by atoms with E-state index in [1.54, 1.807) is 11.1 Å². The summed E-state index contributed by atoms with van der Waals surface area (Å²) in [6.45, 7) is 5.06. The highest BCUT2D eigenvalue weighted by atomic mass is 16.5. The molecule has 174 valence electrons. The van der Waals surface area contributed by atoms with Gasteiger partial charge in [-0.3, -0.25) is 19.5 Å². The predicted molar refractivity (Wildman–Crippen MR) is 123 cm³/mol. The summed E-state index contributed by atoms with van der Waals surface area (Å²) in [6, 6.07) is 9.47. The van der Waals surface area contributed by atoms with Gasteiger partial charge in [0.15, 0.2) is 5.60 Å². The molecule has 2 aliphatic heterocycles. The van der Waals surface area contributed by atoms with Crippen molar-refractivity contribution in [2.45, 2.75) is 38.5 Å². The number of aromatic nitrogens is 1. The molecular weight excluding hydrogens is 424 g/mol. The minimum absolute atomic E-state index is 0.0468. The standard InChI is InChI=1S/C24H28N4O5/c1-15(2)33-20-7-5-17(12-25-20)22-19-10-18(6-4-16(19)11-26-22)27-23(31)24(32-3)8-9-28(14-24)13-21(29)30/h4-7,10,12,15H,8-9,11,13-14H2,1-3H3,(H,27,31)(H,29,30)/t24-/m0/s1. The Kier molecular flexibility index (Phi) is 6.44. The number of aliphatic imine (C=N–C) groups is 1. The second-order valence-electron chi connectivity index (χ2n) is 8.60. The number of hydrogen-bond acceptors (Lipinski definition) is 7. The SMILES string of the molecule is CO[C@@]1(C(=O)Nc2ccc3c(c2)C(c2ccc(OC(C)C)nc2)=NC3)CCN(CC(=O)O)C1. The molecule has 9 heteroatoms. The van der Waals surface area contributed by atoms with E-state index in [1.807, 2.05) is 44.2 Å². The maximum absolute atomic E-state index is 13.1. The molecule has 1 fully saturated rings. The lowest BCUT2D eigenvalue weighted by Crippen LogP contribution is -2.47. The number of likely N-dealkylation sites (tertiary alicyclic amines) is 1. The van der Waals surface area contributed by atoms with E-state index in [0.717, 1.165) is 22.4 Å². The molecule has 4 rings (SSSR count). The van der Waals surface area contributed by atoms with Crippen molar-refractivity contribution in [3.63, 3.8) is 0 Å². The van der Waals surface area contributed by atoms with Crippen LogP contribution in [0, 0.1) is 0 Å². The van der Waals surface area contributed by atoms with Crippen LogP contribution in [0.1, 0.15) is 37.0 Å². The number of carbonyl (C=O) groups excluding carboxylic acids is 1. The van der Waals surface area contributed by atoms with Crippen molar-refractivity contribution in [2.75, 3.05) is 32.1 Å². The average Bonchev–Trinajstić information content (AvgIpc) is 3.38. The largest absolute Gasteiger partial charge is 0.480 e. The van der Waals surface area contributed by atoms with E-state index < -0.39 is 11.6 Å². The number of carboxylic acid groups (broad SMARTS) is 1. The van der Waals surface area contributed by atoms with Gasteiger partial charge in [0.05, 0.1) is 24.9 Å². The smallest absolute Gasteiger partial charge is 0.317 e. The summed E-state index contributed by atoms with van der Waals surface area (Å²) in [4.78, 5) is 34.9. The van der Waals surface area contributed by atoms with Crippen LogP contribution in [0.2, 0.25) is 0 Å². The molecule has 2 aromatic rings. The van der Waals surface area contributed by atoms with Crippen LogP contribution < -0.4 is 10.1 Å². The van der Waals surface area contributed by atoms with Crippen LogP contribution >= 0.6 is 0 Å². The molecule has 0 bridgehead atoms. The van der Waals surface area contributed by atoms with Crippen LogP contribution in [-0.2, 0) is 20.9 Å². The van der Waals surface area contributed by atoms with E-state index in [0.29, 0.717) is 31.1 Å². The maximum Gasteiger partial charge on any atom is 0.317 e. The maximum atomic E-state index is 13.1. The number of nitrogens with zero attached hydrogens (tertiary/aromatic N) is 3. The summed E-state index contributed by atoms with van der Waals surface area (Å²) in [5, 5.41) is 12.0. The number of benzene rings is 1. The number of aliphatic carboxylic acids is 1. The zero-order valence-electron chi connectivity index (χ0n) is 19.0. The molecule has 0 saturated carbocycles. The number of hydrogen-bond donors (Lipinski definition) is 2. The summed E-state index contributed by atoms with van der Waals surface area (Å²) in [6.07, 6.45) is 2.22. The molecular formula is C24H28N4O5. The van der Waals surface area contributed by atoms with Crippen LogP contribution in [0.15, 0.2) is 41.5 Å². The molecule has 0 unspecified atom stereocenters. The number of methoxy groups -OCH3 is 1. The molecule has 1 saturated heterocycles. The number of rotatable bonds is 8. The first-order chi connectivity index (χ1) is 15.8. The molecule has 1 atom stereocenters. The first kappa shape index (κ1) is 22.9. The molecule has 1 aromatic carbocycles. The molecule has 1 aromatic heterocycles. The Morgan fingerprint density at radius 3 is 2.76 bits per heavy atom. The Morgan fingerprint density at radius 1 is 1.27 bits per heavy atom. The molecule has 0 spiro atoms. The summed E-state index contributed by atoms with van der Waals surface area (Å²) < 4.78 is 11.2. The van der Waals surface area contributed by atoms with Crippen molar-refractivity contribution in [3.8, 4) is 5.88 Å². The lowest BCUT2D eigenvalue weighted by Gasteiger charge is -2.26. The Hall–Kier alpha value is -3.30. The van der Waals surface area contributed by atoms with Crippen molar-refractivity contribution in [1.29, 1.82) is 0 Å². The molecule has 2 N–H and O–H groups in total. The van der Waals surface area contributed by atoms with Crippen molar-refractivity contribution in [3.05, 3.63) is 53.2 Å². The van der Waals surface area contributed by atoms with Gasteiger partial charge in [-0.05, 0) is 44.0 Å². The van der Waals surface area contributed by atoms with Crippen LogP contribution in [-0.4, -0.2) is 71.0 Å². The quantitative estimate of drug-likeness (QED) is 0.632. The number of ether oxygens (including phenoxy) is 2. The van der Waals surface area contributed by atoms with Gasteiger partial charge in [0.2, 0.25) is 5.88 Å². The number of carboxylic acids is 1. The van der Waals surface area contributed by atoms with Gasteiger partial charge in [-0.2, -0.15) is 0 Å². The van der Waals surface area contributed by atoms with Crippen LogP contribution in [0.3, 0.4) is 0 Å². The highest BCUT2D eigenvalue weighted by Crippen LogP contribution is 2.29. The normalized spacial score (nSPS) is 19.9. The Morgan fingerprint density at radius 2 is 2.09 bits per heavy atom. The molecule has 9 nitrogen and oxygen atoms in total. The van der Waals surface area contributed by atoms with E-state index in [2.05, 4.69) is 15.3 Å². The first-order valence-electron chi connectivity index (χ1n) is 10.9. The monoisotopic (exact) mass is 452 g/mol. The second-order valence-corrected chi connectivity index (χ2v) is 8.60. The van der Waals surface area contributed by atoms with E-state index in [1.165, 1.54) is 7.11 Å². The number of pyridine rings is 1. The van der Waals surface area contributed by atoms with Crippen molar-refractivity contribution < 1.29 is 24.2 Å².